The van der Waals surface area contributed by atoms with Gasteiger partial charge in [0.2, 0.25) is 10.0 Å². The van der Waals surface area contributed by atoms with E-state index in [1.54, 1.807) is 24.4 Å². The number of nitrogens with two attached hydrogens (primary N) is 1. The molecule has 2 N–H and O–H groups in total. The second kappa shape index (κ2) is 4.60. The Morgan fingerprint density at radius 1 is 1.30 bits per heavy atom. The number of anilines is 1. The van der Waals surface area contributed by atoms with Gasteiger partial charge in [0.1, 0.15) is 10.7 Å². The first-order valence-corrected chi connectivity index (χ1v) is 7.79. The lowest BCUT2D eigenvalue weighted by atomic mass is 10.2. The molecule has 1 aliphatic rings. The number of nitrogens with zero attached hydrogens (tertiary/aromatic N) is 3. The summed E-state index contributed by atoms with van der Waals surface area (Å²) in [6, 6.07) is 5.01. The summed E-state index contributed by atoms with van der Waals surface area (Å²) in [5, 5.41) is 0. The molecule has 0 fully saturated rings. The Kier molecular flexibility index (Phi) is 3.02. The highest BCUT2D eigenvalue weighted by Crippen LogP contribution is 2.26. The van der Waals surface area contributed by atoms with Crippen molar-refractivity contribution < 1.29 is 8.42 Å². The standard InChI is InChI=1S/C13H16N4O2S/c1-10-2-3-12(11(14)8-10)20(18,19)17-7-6-16-5-4-15-13(16)9-17/h2-5,8H,6-7,9,14H2,1H3. The molecule has 20 heavy (non-hydrogen) atoms. The zero-order valence-corrected chi connectivity index (χ0v) is 12.0. The van der Waals surface area contributed by atoms with Crippen LogP contribution in [0.4, 0.5) is 5.69 Å². The van der Waals surface area contributed by atoms with Crippen LogP contribution in [-0.4, -0.2) is 28.8 Å². The average Bonchev–Trinajstić information content (AvgIpc) is 2.85. The number of rotatable bonds is 2. The van der Waals surface area contributed by atoms with Gasteiger partial charge in [-0.2, -0.15) is 4.31 Å². The van der Waals surface area contributed by atoms with Crippen LogP contribution in [-0.2, 0) is 23.1 Å². The second-order valence-corrected chi connectivity index (χ2v) is 6.82. The minimum atomic E-state index is -3.58. The third-order valence-electron chi connectivity index (χ3n) is 3.49. The van der Waals surface area contributed by atoms with Crippen LogP contribution in [0, 0.1) is 6.92 Å². The first kappa shape index (κ1) is 13.1. The third kappa shape index (κ3) is 2.08. The molecule has 1 aliphatic heterocycles. The number of nitrogen functional groups attached to an aromatic ring is 1. The first-order valence-electron chi connectivity index (χ1n) is 6.35. The van der Waals surface area contributed by atoms with Crippen molar-refractivity contribution >= 4 is 15.7 Å². The van der Waals surface area contributed by atoms with Crippen LogP contribution in [0.2, 0.25) is 0 Å². The molecule has 3 rings (SSSR count). The number of aromatic nitrogens is 2. The maximum absolute atomic E-state index is 12.7. The van der Waals surface area contributed by atoms with Crippen molar-refractivity contribution in [2.45, 2.75) is 24.9 Å². The average molecular weight is 292 g/mol. The lowest BCUT2D eigenvalue weighted by Gasteiger charge is -2.27. The van der Waals surface area contributed by atoms with Gasteiger partial charge < -0.3 is 10.3 Å². The maximum Gasteiger partial charge on any atom is 0.245 e. The van der Waals surface area contributed by atoms with E-state index in [2.05, 4.69) is 4.98 Å². The van der Waals surface area contributed by atoms with Crippen molar-refractivity contribution in [2.24, 2.45) is 0 Å². The zero-order chi connectivity index (χ0) is 14.3. The van der Waals surface area contributed by atoms with E-state index in [1.165, 1.54) is 4.31 Å². The molecule has 2 aromatic rings. The summed E-state index contributed by atoms with van der Waals surface area (Å²) in [5.74, 6) is 0.755. The van der Waals surface area contributed by atoms with Crippen molar-refractivity contribution in [3.8, 4) is 0 Å². The molecule has 6 nitrogen and oxygen atoms in total. The topological polar surface area (TPSA) is 81.2 Å². The van der Waals surface area contributed by atoms with E-state index in [0.717, 1.165) is 11.4 Å². The SMILES string of the molecule is Cc1ccc(S(=O)(=O)N2CCn3ccnc3C2)c(N)c1. The summed E-state index contributed by atoms with van der Waals surface area (Å²) in [4.78, 5) is 4.35. The van der Waals surface area contributed by atoms with Crippen molar-refractivity contribution in [1.29, 1.82) is 0 Å². The molecule has 0 radical (unpaired) electrons. The predicted molar refractivity (Wildman–Crippen MR) is 75.4 cm³/mol. The normalized spacial score (nSPS) is 16.1. The summed E-state index contributed by atoms with van der Waals surface area (Å²) < 4.78 is 28.7. The number of aryl methyl sites for hydroxylation is 1. The van der Waals surface area contributed by atoms with Crippen LogP contribution in [0.5, 0.6) is 0 Å². The molecule has 1 aromatic heterocycles. The van der Waals surface area contributed by atoms with Crippen LogP contribution in [0.1, 0.15) is 11.4 Å². The molecule has 0 saturated heterocycles. The highest BCUT2D eigenvalue weighted by atomic mass is 32.2. The molecule has 2 heterocycles. The van der Waals surface area contributed by atoms with Gasteiger partial charge in [-0.25, -0.2) is 13.4 Å². The van der Waals surface area contributed by atoms with Gasteiger partial charge in [-0.1, -0.05) is 6.07 Å². The summed E-state index contributed by atoms with van der Waals surface area (Å²) in [6.07, 6.45) is 3.55. The van der Waals surface area contributed by atoms with E-state index in [1.807, 2.05) is 17.7 Å². The molecule has 0 bridgehead atoms. The number of benzene rings is 1. The molecule has 0 spiro atoms. The molecule has 7 heteroatoms. The maximum atomic E-state index is 12.7. The Morgan fingerprint density at radius 2 is 2.10 bits per heavy atom. The molecule has 0 atom stereocenters. The van der Waals surface area contributed by atoms with E-state index >= 15 is 0 Å². The summed E-state index contributed by atoms with van der Waals surface area (Å²) in [6.45, 7) is 3.20. The van der Waals surface area contributed by atoms with Gasteiger partial charge >= 0.3 is 0 Å². The monoisotopic (exact) mass is 292 g/mol. The number of fused-ring (bicyclic) bond motifs is 1. The lowest BCUT2D eigenvalue weighted by molar-refractivity contribution is 0.335. The molecule has 0 amide bonds. The molecule has 0 unspecified atom stereocenters. The fraction of sp³-hybridized carbons (Fsp3) is 0.308. The Bertz CT molecular complexity index is 751. The number of sulfonamides is 1. The molecule has 0 saturated carbocycles. The zero-order valence-electron chi connectivity index (χ0n) is 11.2. The van der Waals surface area contributed by atoms with E-state index < -0.39 is 10.0 Å². The molecular formula is C13H16N4O2S. The van der Waals surface area contributed by atoms with Crippen molar-refractivity contribution in [3.05, 3.63) is 42.0 Å². The van der Waals surface area contributed by atoms with Crippen LogP contribution >= 0.6 is 0 Å². The smallest absolute Gasteiger partial charge is 0.245 e. The fourth-order valence-electron chi connectivity index (χ4n) is 2.40. The largest absolute Gasteiger partial charge is 0.398 e. The highest BCUT2D eigenvalue weighted by molar-refractivity contribution is 7.89. The fourth-order valence-corrected chi connectivity index (χ4v) is 3.88. The minimum absolute atomic E-state index is 0.170. The van der Waals surface area contributed by atoms with Crippen molar-refractivity contribution in [1.82, 2.24) is 13.9 Å². The Labute approximate surface area is 117 Å². The van der Waals surface area contributed by atoms with Crippen molar-refractivity contribution in [3.63, 3.8) is 0 Å². The van der Waals surface area contributed by atoms with E-state index in [4.69, 9.17) is 5.73 Å². The predicted octanol–water partition coefficient (Wildman–Crippen LogP) is 0.978. The molecule has 0 aliphatic carbocycles. The van der Waals surface area contributed by atoms with Gasteiger partial charge in [0.25, 0.3) is 0 Å². The number of imidazole rings is 1. The van der Waals surface area contributed by atoms with Gasteiger partial charge in [-0.3, -0.25) is 0 Å². The second-order valence-electron chi connectivity index (χ2n) is 4.92. The van der Waals surface area contributed by atoms with E-state index in [9.17, 15) is 8.42 Å². The Morgan fingerprint density at radius 3 is 2.85 bits per heavy atom. The number of hydrogen-bond acceptors (Lipinski definition) is 4. The number of hydrogen-bond donors (Lipinski definition) is 1. The quantitative estimate of drug-likeness (QED) is 0.837. The van der Waals surface area contributed by atoms with Gasteiger partial charge in [0.15, 0.2) is 0 Å². The molecule has 106 valence electrons. The lowest BCUT2D eigenvalue weighted by Crippen LogP contribution is -2.38. The first-order chi connectivity index (χ1) is 9.48. The Hall–Kier alpha value is -1.86. The van der Waals surface area contributed by atoms with Crippen LogP contribution in [0.15, 0.2) is 35.5 Å². The van der Waals surface area contributed by atoms with Gasteiger partial charge in [-0.15, -0.1) is 0 Å². The van der Waals surface area contributed by atoms with Crippen LogP contribution in [0.25, 0.3) is 0 Å². The van der Waals surface area contributed by atoms with Gasteiger partial charge in [0, 0.05) is 25.5 Å². The van der Waals surface area contributed by atoms with Gasteiger partial charge in [0.05, 0.1) is 12.2 Å². The van der Waals surface area contributed by atoms with E-state index in [-0.39, 0.29) is 11.4 Å². The molecule has 1 aromatic carbocycles. The summed E-state index contributed by atoms with van der Waals surface area (Å²) in [7, 11) is -3.58. The third-order valence-corrected chi connectivity index (χ3v) is 5.41. The van der Waals surface area contributed by atoms with Gasteiger partial charge in [-0.05, 0) is 24.6 Å². The summed E-state index contributed by atoms with van der Waals surface area (Å²) in [5.41, 5.74) is 7.09. The van der Waals surface area contributed by atoms with Crippen LogP contribution in [0.3, 0.4) is 0 Å². The Balaban J connectivity index is 1.97. The molecular weight excluding hydrogens is 276 g/mol. The minimum Gasteiger partial charge on any atom is -0.398 e. The van der Waals surface area contributed by atoms with Crippen LogP contribution < -0.4 is 5.73 Å². The summed E-state index contributed by atoms with van der Waals surface area (Å²) >= 11 is 0. The highest BCUT2D eigenvalue weighted by Gasteiger charge is 2.30. The van der Waals surface area contributed by atoms with Crippen molar-refractivity contribution in [2.75, 3.05) is 12.3 Å². The van der Waals surface area contributed by atoms with E-state index in [0.29, 0.717) is 18.8 Å².